The number of hydrogen-bond donors (Lipinski definition) is 4. The van der Waals surface area contributed by atoms with E-state index in [1.54, 1.807) is 14.0 Å². The molecule has 0 fully saturated rings. The van der Waals surface area contributed by atoms with Gasteiger partial charge in [-0.3, -0.25) is 0 Å². The SMILES string of the molecule is CNc1nc(NC(C)(CO)CO)nc(-n2cncn2)n1. The first kappa shape index (κ1) is 14.1. The first-order valence-corrected chi connectivity index (χ1v) is 5.89. The fourth-order valence-electron chi connectivity index (χ4n) is 1.35. The normalized spacial score (nSPS) is 11.4. The number of aromatic nitrogens is 6. The molecule has 0 atom stereocenters. The Labute approximate surface area is 114 Å². The van der Waals surface area contributed by atoms with Crippen molar-refractivity contribution in [1.82, 2.24) is 29.7 Å². The van der Waals surface area contributed by atoms with Crippen LogP contribution in [0.1, 0.15) is 6.92 Å². The summed E-state index contributed by atoms with van der Waals surface area (Å²) in [6, 6.07) is 0. The van der Waals surface area contributed by atoms with Crippen molar-refractivity contribution in [3.8, 4) is 5.95 Å². The number of anilines is 2. The molecule has 108 valence electrons. The maximum atomic E-state index is 9.29. The van der Waals surface area contributed by atoms with Crippen LogP contribution < -0.4 is 10.6 Å². The minimum Gasteiger partial charge on any atom is -0.394 e. The van der Waals surface area contributed by atoms with Crippen LogP contribution in [0, 0.1) is 0 Å². The van der Waals surface area contributed by atoms with Crippen LogP contribution in [-0.2, 0) is 0 Å². The Morgan fingerprint density at radius 3 is 2.45 bits per heavy atom. The maximum absolute atomic E-state index is 9.29. The molecule has 0 saturated heterocycles. The smallest absolute Gasteiger partial charge is 0.258 e. The van der Waals surface area contributed by atoms with Gasteiger partial charge in [0.1, 0.15) is 12.7 Å². The molecule has 0 radical (unpaired) electrons. The quantitative estimate of drug-likeness (QED) is 0.506. The lowest BCUT2D eigenvalue weighted by Gasteiger charge is -2.26. The van der Waals surface area contributed by atoms with E-state index in [1.165, 1.54) is 17.3 Å². The van der Waals surface area contributed by atoms with Gasteiger partial charge in [0.15, 0.2) is 0 Å². The van der Waals surface area contributed by atoms with Crippen LogP contribution in [0.15, 0.2) is 12.7 Å². The van der Waals surface area contributed by atoms with Crippen LogP contribution in [-0.4, -0.2) is 65.7 Å². The largest absolute Gasteiger partial charge is 0.394 e. The number of rotatable bonds is 6. The zero-order valence-electron chi connectivity index (χ0n) is 11.1. The number of aliphatic hydroxyl groups excluding tert-OH is 2. The molecule has 0 saturated carbocycles. The predicted molar refractivity (Wildman–Crippen MR) is 70.5 cm³/mol. The molecular formula is C10H16N8O2. The molecular weight excluding hydrogens is 264 g/mol. The van der Waals surface area contributed by atoms with Gasteiger partial charge in [0.25, 0.3) is 5.95 Å². The van der Waals surface area contributed by atoms with Gasteiger partial charge in [-0.15, -0.1) is 0 Å². The average molecular weight is 280 g/mol. The van der Waals surface area contributed by atoms with Crippen LogP contribution in [0.5, 0.6) is 0 Å². The van der Waals surface area contributed by atoms with E-state index in [2.05, 4.69) is 35.7 Å². The fraction of sp³-hybridized carbons (Fsp3) is 0.500. The average Bonchev–Trinajstić information content (AvgIpc) is 3.01. The van der Waals surface area contributed by atoms with E-state index in [9.17, 15) is 10.2 Å². The maximum Gasteiger partial charge on any atom is 0.258 e. The fourth-order valence-corrected chi connectivity index (χ4v) is 1.35. The number of nitrogens with one attached hydrogen (secondary N) is 2. The second-order valence-electron chi connectivity index (χ2n) is 4.37. The molecule has 0 unspecified atom stereocenters. The van der Waals surface area contributed by atoms with E-state index in [-0.39, 0.29) is 25.1 Å². The van der Waals surface area contributed by atoms with Gasteiger partial charge in [-0.1, -0.05) is 0 Å². The highest BCUT2D eigenvalue weighted by Gasteiger charge is 2.24. The Balaban J connectivity index is 2.36. The van der Waals surface area contributed by atoms with Gasteiger partial charge >= 0.3 is 0 Å². The van der Waals surface area contributed by atoms with Crippen molar-refractivity contribution in [3.05, 3.63) is 12.7 Å². The summed E-state index contributed by atoms with van der Waals surface area (Å²) in [5.74, 6) is 0.800. The number of aliphatic hydroxyl groups is 2. The molecule has 0 aliphatic carbocycles. The van der Waals surface area contributed by atoms with Gasteiger partial charge < -0.3 is 20.8 Å². The first-order chi connectivity index (χ1) is 9.60. The van der Waals surface area contributed by atoms with E-state index in [1.807, 2.05) is 0 Å². The third kappa shape index (κ3) is 2.97. The van der Waals surface area contributed by atoms with E-state index < -0.39 is 5.54 Å². The van der Waals surface area contributed by atoms with Crippen LogP contribution >= 0.6 is 0 Å². The molecule has 20 heavy (non-hydrogen) atoms. The van der Waals surface area contributed by atoms with Gasteiger partial charge in [-0.25, -0.2) is 4.98 Å². The zero-order chi connectivity index (χ0) is 14.6. The van der Waals surface area contributed by atoms with Gasteiger partial charge in [0, 0.05) is 7.05 Å². The lowest BCUT2D eigenvalue weighted by atomic mass is 10.1. The lowest BCUT2D eigenvalue weighted by molar-refractivity contribution is 0.147. The zero-order valence-corrected chi connectivity index (χ0v) is 11.1. The summed E-state index contributed by atoms with van der Waals surface area (Å²) >= 11 is 0. The lowest BCUT2D eigenvalue weighted by Crippen LogP contribution is -2.43. The Bertz CT molecular complexity index is 554. The Hall–Kier alpha value is -2.33. The van der Waals surface area contributed by atoms with Crippen molar-refractivity contribution in [1.29, 1.82) is 0 Å². The molecule has 10 heteroatoms. The van der Waals surface area contributed by atoms with Gasteiger partial charge in [0.05, 0.1) is 18.8 Å². The first-order valence-electron chi connectivity index (χ1n) is 5.89. The molecule has 2 aromatic rings. The molecule has 0 aliphatic heterocycles. The van der Waals surface area contributed by atoms with Crippen molar-refractivity contribution in [2.75, 3.05) is 30.9 Å². The third-order valence-electron chi connectivity index (χ3n) is 2.58. The van der Waals surface area contributed by atoms with Gasteiger partial charge in [-0.2, -0.15) is 24.7 Å². The Morgan fingerprint density at radius 2 is 1.90 bits per heavy atom. The third-order valence-corrected chi connectivity index (χ3v) is 2.58. The molecule has 2 rings (SSSR count). The molecule has 0 bridgehead atoms. The van der Waals surface area contributed by atoms with Crippen LogP contribution in [0.4, 0.5) is 11.9 Å². The summed E-state index contributed by atoms with van der Waals surface area (Å²) in [4.78, 5) is 16.2. The summed E-state index contributed by atoms with van der Waals surface area (Å²) in [6.07, 6.45) is 2.82. The highest BCUT2D eigenvalue weighted by Crippen LogP contribution is 2.13. The van der Waals surface area contributed by atoms with Gasteiger partial charge in [-0.05, 0) is 6.92 Å². The van der Waals surface area contributed by atoms with E-state index in [0.717, 1.165) is 0 Å². The van der Waals surface area contributed by atoms with Crippen LogP contribution in [0.2, 0.25) is 0 Å². The second kappa shape index (κ2) is 5.75. The van der Waals surface area contributed by atoms with Crippen molar-refractivity contribution < 1.29 is 10.2 Å². The second-order valence-corrected chi connectivity index (χ2v) is 4.37. The Morgan fingerprint density at radius 1 is 1.20 bits per heavy atom. The van der Waals surface area contributed by atoms with E-state index in [4.69, 9.17) is 0 Å². The minimum atomic E-state index is -0.938. The summed E-state index contributed by atoms with van der Waals surface area (Å²) in [7, 11) is 1.67. The molecule has 0 amide bonds. The Kier molecular flexibility index (Phi) is 4.05. The molecule has 10 nitrogen and oxygen atoms in total. The number of nitrogens with zero attached hydrogens (tertiary/aromatic N) is 6. The minimum absolute atomic E-state index is 0.209. The molecule has 0 aliphatic rings. The highest BCUT2D eigenvalue weighted by atomic mass is 16.3. The molecule has 2 aromatic heterocycles. The van der Waals surface area contributed by atoms with E-state index in [0.29, 0.717) is 5.95 Å². The highest BCUT2D eigenvalue weighted by molar-refractivity contribution is 5.39. The van der Waals surface area contributed by atoms with Crippen molar-refractivity contribution in [2.24, 2.45) is 0 Å². The van der Waals surface area contributed by atoms with Gasteiger partial charge in [0.2, 0.25) is 11.9 Å². The summed E-state index contributed by atoms with van der Waals surface area (Å²) in [6.45, 7) is 1.09. The van der Waals surface area contributed by atoms with Crippen LogP contribution in [0.25, 0.3) is 5.95 Å². The topological polar surface area (TPSA) is 134 Å². The molecule has 0 spiro atoms. The molecule has 4 N–H and O–H groups in total. The van der Waals surface area contributed by atoms with Crippen molar-refractivity contribution >= 4 is 11.9 Å². The standard InChI is InChI=1S/C10H16N8O2/c1-10(3-19,4-20)17-8-14-7(11-2)15-9(16-8)18-6-12-5-13-18/h5-6,19-20H,3-4H2,1-2H3,(H2,11,14,15,16,17). The predicted octanol–water partition coefficient (Wildman–Crippen LogP) is -1.35. The monoisotopic (exact) mass is 280 g/mol. The molecule has 2 heterocycles. The summed E-state index contributed by atoms with van der Waals surface area (Å²) in [5, 5.41) is 28.2. The molecule has 0 aromatic carbocycles. The number of hydrogen-bond acceptors (Lipinski definition) is 9. The van der Waals surface area contributed by atoms with E-state index >= 15 is 0 Å². The summed E-state index contributed by atoms with van der Waals surface area (Å²) in [5.41, 5.74) is -0.938. The summed E-state index contributed by atoms with van der Waals surface area (Å²) < 4.78 is 1.38. The van der Waals surface area contributed by atoms with Crippen LogP contribution in [0.3, 0.4) is 0 Å². The van der Waals surface area contributed by atoms with Crippen molar-refractivity contribution in [3.63, 3.8) is 0 Å². The van der Waals surface area contributed by atoms with Crippen molar-refractivity contribution in [2.45, 2.75) is 12.5 Å².